The number of hydrogen-bond acceptors (Lipinski definition) is 3. The van der Waals surface area contributed by atoms with E-state index in [9.17, 15) is 0 Å². The quantitative estimate of drug-likeness (QED) is 0.548. The molecule has 1 aromatic heterocycles. The van der Waals surface area contributed by atoms with Gasteiger partial charge < -0.3 is 0 Å². The minimum atomic E-state index is 0.664. The highest BCUT2D eigenvalue weighted by molar-refractivity contribution is 7.09. The molecular weight excluding hydrogens is 156 g/mol. The molecule has 0 radical (unpaired) electrons. The predicted octanol–water partition coefficient (Wildman–Crippen LogP) is 1.59. The number of thiophene rings is 1. The van der Waals surface area contributed by atoms with Crippen LogP contribution in [0.5, 0.6) is 0 Å². The first-order chi connectivity index (χ1) is 5.36. The van der Waals surface area contributed by atoms with E-state index in [1.54, 1.807) is 11.3 Å². The second kappa shape index (κ2) is 2.93. The summed E-state index contributed by atoms with van der Waals surface area (Å²) < 4.78 is 0. The van der Waals surface area contributed by atoms with Gasteiger partial charge in [0, 0.05) is 17.5 Å². The van der Waals surface area contributed by atoms with Crippen molar-refractivity contribution in [2.24, 2.45) is 5.84 Å². The normalized spacial score (nSPS) is 17.6. The topological polar surface area (TPSA) is 29.3 Å². The Morgan fingerprint density at radius 3 is 3.00 bits per heavy atom. The Bertz CT molecular complexity index is 216. The summed E-state index contributed by atoms with van der Waals surface area (Å²) in [6, 6.07) is 4.87. The lowest BCUT2D eigenvalue weighted by atomic mass is 10.4. The Hall–Kier alpha value is -0.380. The van der Waals surface area contributed by atoms with E-state index >= 15 is 0 Å². The van der Waals surface area contributed by atoms with E-state index in [1.165, 1.54) is 17.7 Å². The number of hydrogen-bond donors (Lipinski definition) is 1. The molecule has 3 heteroatoms. The van der Waals surface area contributed by atoms with Crippen molar-refractivity contribution in [1.29, 1.82) is 0 Å². The second-order valence-electron chi connectivity index (χ2n) is 2.98. The molecule has 0 saturated heterocycles. The van der Waals surface area contributed by atoms with Gasteiger partial charge in [0.1, 0.15) is 0 Å². The third-order valence-corrected chi connectivity index (χ3v) is 2.80. The fourth-order valence-corrected chi connectivity index (χ4v) is 1.83. The summed E-state index contributed by atoms with van der Waals surface area (Å²) in [6.45, 7) is 0.919. The van der Waals surface area contributed by atoms with Gasteiger partial charge in [0.15, 0.2) is 0 Å². The van der Waals surface area contributed by atoms with Gasteiger partial charge in [-0.2, -0.15) is 0 Å². The van der Waals surface area contributed by atoms with Crippen LogP contribution in [0.25, 0.3) is 0 Å². The molecule has 0 spiro atoms. The van der Waals surface area contributed by atoms with Crippen molar-refractivity contribution < 1.29 is 0 Å². The molecule has 0 amide bonds. The molecule has 0 bridgehead atoms. The Morgan fingerprint density at radius 1 is 1.64 bits per heavy atom. The predicted molar refractivity (Wildman–Crippen MR) is 47.1 cm³/mol. The van der Waals surface area contributed by atoms with Crippen LogP contribution in [0.2, 0.25) is 0 Å². The molecule has 2 N–H and O–H groups in total. The monoisotopic (exact) mass is 168 g/mol. The van der Waals surface area contributed by atoms with Crippen LogP contribution in [-0.4, -0.2) is 11.1 Å². The van der Waals surface area contributed by atoms with Crippen LogP contribution in [0.3, 0.4) is 0 Å². The standard InChI is InChI=1S/C8H12N2S/c9-10(7-3-4-7)6-8-2-1-5-11-8/h1-2,5,7H,3-4,6,9H2. The first-order valence-electron chi connectivity index (χ1n) is 3.90. The molecule has 0 atom stereocenters. The Morgan fingerprint density at radius 2 is 2.45 bits per heavy atom. The lowest BCUT2D eigenvalue weighted by Crippen LogP contribution is -2.32. The summed E-state index contributed by atoms with van der Waals surface area (Å²) in [7, 11) is 0. The third kappa shape index (κ3) is 1.80. The molecule has 0 aromatic carbocycles. The van der Waals surface area contributed by atoms with E-state index in [4.69, 9.17) is 5.84 Å². The molecule has 11 heavy (non-hydrogen) atoms. The molecule has 1 aliphatic rings. The highest BCUT2D eigenvalue weighted by Gasteiger charge is 2.26. The second-order valence-corrected chi connectivity index (χ2v) is 4.02. The van der Waals surface area contributed by atoms with E-state index in [1.807, 2.05) is 5.01 Å². The van der Waals surface area contributed by atoms with Gasteiger partial charge in [-0.1, -0.05) is 6.07 Å². The molecule has 60 valence electrons. The fourth-order valence-electron chi connectivity index (χ4n) is 1.12. The van der Waals surface area contributed by atoms with Crippen molar-refractivity contribution >= 4 is 11.3 Å². The van der Waals surface area contributed by atoms with Crippen molar-refractivity contribution in [3.05, 3.63) is 22.4 Å². The lowest BCUT2D eigenvalue weighted by molar-refractivity contribution is 0.266. The van der Waals surface area contributed by atoms with Gasteiger partial charge in [-0.25, -0.2) is 5.01 Å². The van der Waals surface area contributed by atoms with Crippen LogP contribution in [-0.2, 0) is 6.54 Å². The molecule has 0 aliphatic heterocycles. The summed E-state index contributed by atoms with van der Waals surface area (Å²) in [5.41, 5.74) is 0. The van der Waals surface area contributed by atoms with Crippen molar-refractivity contribution in [3.63, 3.8) is 0 Å². The average Bonchev–Trinajstić information content (AvgIpc) is 2.73. The van der Waals surface area contributed by atoms with Crippen molar-refractivity contribution in [1.82, 2.24) is 5.01 Å². The molecule has 1 fully saturated rings. The maximum Gasteiger partial charge on any atom is 0.0476 e. The third-order valence-electron chi connectivity index (χ3n) is 1.93. The SMILES string of the molecule is NN(Cc1cccs1)C1CC1. The first kappa shape index (κ1) is 7.28. The number of rotatable bonds is 3. The molecule has 2 rings (SSSR count). The van der Waals surface area contributed by atoms with Gasteiger partial charge in [-0.15, -0.1) is 11.3 Å². The van der Waals surface area contributed by atoms with Gasteiger partial charge in [-0.05, 0) is 24.3 Å². The molecule has 2 nitrogen and oxygen atoms in total. The maximum atomic E-state index is 5.81. The van der Waals surface area contributed by atoms with Gasteiger partial charge >= 0.3 is 0 Å². The van der Waals surface area contributed by atoms with E-state index in [0.717, 1.165) is 6.54 Å². The molecule has 1 aromatic rings. The highest BCUT2D eigenvalue weighted by atomic mass is 32.1. The van der Waals surface area contributed by atoms with Crippen LogP contribution < -0.4 is 5.84 Å². The van der Waals surface area contributed by atoms with E-state index in [-0.39, 0.29) is 0 Å². The highest BCUT2D eigenvalue weighted by Crippen LogP contribution is 2.26. The zero-order valence-electron chi connectivity index (χ0n) is 6.36. The van der Waals surface area contributed by atoms with Crippen molar-refractivity contribution in [2.75, 3.05) is 0 Å². The maximum absolute atomic E-state index is 5.81. The summed E-state index contributed by atoms with van der Waals surface area (Å²) in [6.07, 6.45) is 2.56. The summed E-state index contributed by atoms with van der Waals surface area (Å²) >= 11 is 1.77. The van der Waals surface area contributed by atoms with Gasteiger partial charge in [0.05, 0.1) is 0 Å². The van der Waals surface area contributed by atoms with E-state index in [2.05, 4.69) is 17.5 Å². The minimum absolute atomic E-state index is 0.664. The Balaban J connectivity index is 1.89. The molecule has 1 heterocycles. The molecule has 0 unspecified atom stereocenters. The van der Waals surface area contributed by atoms with Crippen LogP contribution >= 0.6 is 11.3 Å². The van der Waals surface area contributed by atoms with Gasteiger partial charge in [0.25, 0.3) is 0 Å². The van der Waals surface area contributed by atoms with Gasteiger partial charge in [0.2, 0.25) is 0 Å². The zero-order chi connectivity index (χ0) is 7.68. The van der Waals surface area contributed by atoms with Crippen molar-refractivity contribution in [3.8, 4) is 0 Å². The first-order valence-corrected chi connectivity index (χ1v) is 4.78. The summed E-state index contributed by atoms with van der Waals surface area (Å²) in [4.78, 5) is 1.36. The van der Waals surface area contributed by atoms with Crippen molar-refractivity contribution in [2.45, 2.75) is 25.4 Å². The van der Waals surface area contributed by atoms with Gasteiger partial charge in [-0.3, -0.25) is 5.84 Å². The fraction of sp³-hybridized carbons (Fsp3) is 0.500. The zero-order valence-corrected chi connectivity index (χ0v) is 7.18. The summed E-state index contributed by atoms with van der Waals surface area (Å²) in [5, 5.41) is 4.04. The Labute approximate surface area is 70.6 Å². The van der Waals surface area contributed by atoms with E-state index < -0.39 is 0 Å². The number of nitrogens with two attached hydrogens (primary N) is 1. The molecule has 1 aliphatic carbocycles. The van der Waals surface area contributed by atoms with Crippen LogP contribution in [0, 0.1) is 0 Å². The van der Waals surface area contributed by atoms with Crippen LogP contribution in [0.4, 0.5) is 0 Å². The summed E-state index contributed by atoms with van der Waals surface area (Å²) in [5.74, 6) is 5.81. The van der Waals surface area contributed by atoms with Crippen LogP contribution in [0.15, 0.2) is 17.5 Å². The van der Waals surface area contributed by atoms with Crippen LogP contribution in [0.1, 0.15) is 17.7 Å². The Kier molecular flexibility index (Phi) is 1.94. The smallest absolute Gasteiger partial charge is 0.0476 e. The van der Waals surface area contributed by atoms with E-state index in [0.29, 0.717) is 6.04 Å². The minimum Gasteiger partial charge on any atom is -0.268 e. The number of nitrogens with zero attached hydrogens (tertiary/aromatic N) is 1. The lowest BCUT2D eigenvalue weighted by Gasteiger charge is -2.13. The largest absolute Gasteiger partial charge is 0.268 e. The average molecular weight is 168 g/mol. The molecule has 1 saturated carbocycles. The molecular formula is C8H12N2S. The number of hydrazine groups is 1.